The van der Waals surface area contributed by atoms with E-state index in [0.29, 0.717) is 75.8 Å². The average Bonchev–Trinajstić information content (AvgIpc) is 2.88. The Hall–Kier alpha value is -2.44. The largest absolute Gasteiger partial charge is 0.507 e. The van der Waals surface area contributed by atoms with Crippen molar-refractivity contribution in [2.75, 3.05) is 76.3 Å². The number of benzene rings is 2. The lowest BCUT2D eigenvalue weighted by atomic mass is 9.79. The zero-order valence-corrected chi connectivity index (χ0v) is 23.1. The number of aliphatic hydroxyl groups excluding tert-OH is 2. The maximum atomic E-state index is 13.9. The minimum atomic E-state index is -0.414. The van der Waals surface area contributed by atoms with E-state index in [2.05, 4.69) is 21.3 Å². The molecule has 0 bridgehead atoms. The summed E-state index contributed by atoms with van der Waals surface area (Å²) >= 11 is 0. The van der Waals surface area contributed by atoms with Gasteiger partial charge in [-0.25, -0.2) is 0 Å². The molecule has 2 aromatic rings. The number of hydrogen-bond acceptors (Lipinski definition) is 10. The van der Waals surface area contributed by atoms with E-state index in [1.54, 1.807) is 18.2 Å². The minimum absolute atomic E-state index is 0. The van der Waals surface area contributed by atoms with Crippen LogP contribution < -0.4 is 21.3 Å². The quantitative estimate of drug-likeness (QED) is 0.126. The summed E-state index contributed by atoms with van der Waals surface area (Å²) in [7, 11) is 0. The summed E-state index contributed by atoms with van der Waals surface area (Å²) in [6.07, 6.45) is 0.438. The third-order valence-corrected chi connectivity index (χ3v) is 5.91. The second kappa shape index (κ2) is 17.2. The van der Waals surface area contributed by atoms with Crippen molar-refractivity contribution in [2.45, 2.75) is 13.3 Å². The molecule has 0 radical (unpaired) electrons. The molecule has 12 heteroatoms. The Labute approximate surface area is 235 Å². The van der Waals surface area contributed by atoms with Crippen LogP contribution in [-0.4, -0.2) is 92.6 Å². The normalized spacial score (nSPS) is 11.8. The molecule has 0 spiro atoms. The summed E-state index contributed by atoms with van der Waals surface area (Å²) < 4.78 is 5.46. The first-order valence-electron chi connectivity index (χ1n) is 12.3. The molecule has 0 aromatic heterocycles. The average molecular weight is 574 g/mol. The molecule has 0 saturated heterocycles. The number of carbonyl (C=O) groups excluding carboxylic acids is 2. The van der Waals surface area contributed by atoms with Crippen LogP contribution in [0.1, 0.15) is 44.3 Å². The van der Waals surface area contributed by atoms with Gasteiger partial charge in [-0.15, -0.1) is 24.8 Å². The standard InChI is InChI=1S/C26H36N4O6.2ClH/c1-2-36-16-7-17-3-6-20(33)24-21(17)25(34)22-18(29-10-8-27-12-14-31)4-5-19(23(22)26(24)35)30-11-9-28-13-15-32;;/h3-6,27-33H,2,7-16H2,1H3;2*1H. The van der Waals surface area contributed by atoms with Crippen LogP contribution in [0.25, 0.3) is 0 Å². The fraction of sp³-hybridized carbons (Fsp3) is 0.462. The molecule has 0 aliphatic heterocycles. The Morgan fingerprint density at radius 3 is 1.74 bits per heavy atom. The van der Waals surface area contributed by atoms with Crippen molar-refractivity contribution in [3.63, 3.8) is 0 Å². The molecule has 0 amide bonds. The highest BCUT2D eigenvalue weighted by molar-refractivity contribution is 6.33. The van der Waals surface area contributed by atoms with Crippen LogP contribution in [0.3, 0.4) is 0 Å². The minimum Gasteiger partial charge on any atom is -0.507 e. The first-order chi connectivity index (χ1) is 17.5. The molecule has 0 saturated carbocycles. The number of ketones is 2. The van der Waals surface area contributed by atoms with E-state index in [1.807, 2.05) is 6.92 Å². The monoisotopic (exact) mass is 572 g/mol. The lowest BCUT2D eigenvalue weighted by Crippen LogP contribution is -2.29. The van der Waals surface area contributed by atoms with Gasteiger partial charge >= 0.3 is 0 Å². The van der Waals surface area contributed by atoms with E-state index in [1.165, 1.54) is 6.07 Å². The molecular formula is C26H38Cl2N4O6. The number of hydrogen-bond donors (Lipinski definition) is 7. The van der Waals surface area contributed by atoms with E-state index in [-0.39, 0.29) is 71.8 Å². The summed E-state index contributed by atoms with van der Waals surface area (Å²) in [5, 5.41) is 41.1. The zero-order valence-electron chi connectivity index (χ0n) is 21.5. The highest BCUT2D eigenvalue weighted by Crippen LogP contribution is 2.40. The smallest absolute Gasteiger partial charge is 0.200 e. The molecule has 7 N–H and O–H groups in total. The summed E-state index contributed by atoms with van der Waals surface area (Å²) in [4.78, 5) is 27.7. The van der Waals surface area contributed by atoms with Crippen LogP contribution >= 0.6 is 24.8 Å². The maximum Gasteiger partial charge on any atom is 0.200 e. The number of rotatable bonds is 16. The molecule has 0 unspecified atom stereocenters. The Bertz CT molecular complexity index is 1070. The number of carbonyl (C=O) groups is 2. The molecule has 2 aromatic carbocycles. The van der Waals surface area contributed by atoms with Gasteiger partial charge in [0.1, 0.15) is 5.75 Å². The molecule has 38 heavy (non-hydrogen) atoms. The summed E-state index contributed by atoms with van der Waals surface area (Å²) in [5.74, 6) is -0.964. The Kier molecular flexibility index (Phi) is 15.2. The van der Waals surface area contributed by atoms with E-state index < -0.39 is 5.78 Å². The first kappa shape index (κ1) is 33.6. The van der Waals surface area contributed by atoms with Gasteiger partial charge in [-0.1, -0.05) is 6.07 Å². The highest BCUT2D eigenvalue weighted by Gasteiger charge is 2.37. The Morgan fingerprint density at radius 1 is 0.711 bits per heavy atom. The van der Waals surface area contributed by atoms with Crippen molar-refractivity contribution in [3.8, 4) is 5.75 Å². The van der Waals surface area contributed by atoms with Gasteiger partial charge in [0.25, 0.3) is 0 Å². The maximum absolute atomic E-state index is 13.9. The van der Waals surface area contributed by atoms with Gasteiger partial charge < -0.3 is 41.3 Å². The van der Waals surface area contributed by atoms with Crippen molar-refractivity contribution < 1.29 is 29.6 Å². The van der Waals surface area contributed by atoms with Gasteiger partial charge in [0.2, 0.25) is 0 Å². The fourth-order valence-electron chi connectivity index (χ4n) is 4.26. The molecular weight excluding hydrogens is 535 g/mol. The third kappa shape index (κ3) is 8.03. The fourth-order valence-corrected chi connectivity index (χ4v) is 4.26. The predicted octanol–water partition coefficient (Wildman–Crippen LogP) is 1.58. The van der Waals surface area contributed by atoms with Crippen LogP contribution in [0.15, 0.2) is 24.3 Å². The number of phenolic OH excluding ortho intramolecular Hbond substituents is 1. The van der Waals surface area contributed by atoms with E-state index in [0.717, 1.165) is 0 Å². The number of anilines is 2. The lowest BCUT2D eigenvalue weighted by molar-refractivity contribution is 0.0976. The SMILES string of the molecule is CCOCCc1ccc(O)c2c1C(=O)c1c(NCCNCCO)ccc(NCCNCCO)c1C2=O.Cl.Cl. The van der Waals surface area contributed by atoms with Crippen molar-refractivity contribution >= 4 is 47.8 Å². The lowest BCUT2D eigenvalue weighted by Gasteiger charge is -2.26. The van der Waals surface area contributed by atoms with Crippen molar-refractivity contribution in [1.82, 2.24) is 10.6 Å². The van der Waals surface area contributed by atoms with E-state index in [9.17, 15) is 14.7 Å². The number of aromatic hydroxyl groups is 1. The molecule has 0 fully saturated rings. The van der Waals surface area contributed by atoms with Crippen molar-refractivity contribution in [3.05, 3.63) is 52.1 Å². The van der Waals surface area contributed by atoms with Gasteiger partial charge in [0, 0.05) is 62.8 Å². The third-order valence-electron chi connectivity index (χ3n) is 5.91. The van der Waals surface area contributed by atoms with Crippen LogP contribution in [0.5, 0.6) is 5.75 Å². The molecule has 3 rings (SSSR count). The number of aliphatic hydroxyl groups is 2. The second-order valence-corrected chi connectivity index (χ2v) is 8.31. The number of fused-ring (bicyclic) bond motifs is 2. The Morgan fingerprint density at radius 2 is 1.24 bits per heavy atom. The summed E-state index contributed by atoms with van der Waals surface area (Å²) in [6, 6.07) is 6.65. The van der Waals surface area contributed by atoms with Gasteiger partial charge in [-0.05, 0) is 37.1 Å². The van der Waals surface area contributed by atoms with Gasteiger partial charge in [-0.3, -0.25) is 9.59 Å². The molecule has 10 nitrogen and oxygen atoms in total. The molecule has 0 heterocycles. The molecule has 1 aliphatic rings. The topological polar surface area (TPSA) is 152 Å². The number of halogens is 2. The van der Waals surface area contributed by atoms with Crippen LogP contribution in [-0.2, 0) is 11.2 Å². The van der Waals surface area contributed by atoms with Gasteiger partial charge in [-0.2, -0.15) is 0 Å². The molecule has 1 aliphatic carbocycles. The summed E-state index contributed by atoms with van der Waals surface area (Å²) in [5.41, 5.74) is 2.42. The number of nitrogens with one attached hydrogen (secondary N) is 4. The number of phenols is 1. The number of ether oxygens (including phenoxy) is 1. The Balaban J connectivity index is 0.00000361. The molecule has 0 atom stereocenters. The second-order valence-electron chi connectivity index (χ2n) is 8.31. The predicted molar refractivity (Wildman–Crippen MR) is 153 cm³/mol. The highest BCUT2D eigenvalue weighted by atomic mass is 35.5. The zero-order chi connectivity index (χ0) is 25.9. The molecule has 212 valence electrons. The van der Waals surface area contributed by atoms with Crippen LogP contribution in [0.2, 0.25) is 0 Å². The summed E-state index contributed by atoms with van der Waals surface area (Å²) in [6.45, 7) is 5.85. The first-order valence-corrected chi connectivity index (χ1v) is 12.3. The van der Waals surface area contributed by atoms with Crippen molar-refractivity contribution in [1.29, 1.82) is 0 Å². The van der Waals surface area contributed by atoms with Gasteiger partial charge in [0.15, 0.2) is 11.6 Å². The van der Waals surface area contributed by atoms with E-state index in [4.69, 9.17) is 14.9 Å². The van der Waals surface area contributed by atoms with E-state index >= 15 is 0 Å². The van der Waals surface area contributed by atoms with Gasteiger partial charge in [0.05, 0.1) is 36.5 Å². The van der Waals surface area contributed by atoms with Crippen LogP contribution in [0.4, 0.5) is 11.4 Å². The van der Waals surface area contributed by atoms with Crippen molar-refractivity contribution in [2.24, 2.45) is 0 Å². The van der Waals surface area contributed by atoms with Crippen LogP contribution in [0, 0.1) is 0 Å².